The number of aryl methyl sites for hydroxylation is 2. The predicted octanol–water partition coefficient (Wildman–Crippen LogP) is 2.44. The Morgan fingerprint density at radius 3 is 2.84 bits per heavy atom. The number of esters is 1. The average Bonchev–Trinajstić information content (AvgIpc) is 3.04. The molecule has 0 N–H and O–H groups in total. The molecule has 0 bridgehead atoms. The van der Waals surface area contributed by atoms with E-state index in [9.17, 15) is 9.59 Å². The van der Waals surface area contributed by atoms with Crippen LogP contribution in [0.4, 0.5) is 5.69 Å². The van der Waals surface area contributed by atoms with E-state index in [-0.39, 0.29) is 17.8 Å². The first kappa shape index (κ1) is 17.2. The van der Waals surface area contributed by atoms with Crippen LogP contribution in [0.25, 0.3) is 0 Å². The van der Waals surface area contributed by atoms with E-state index in [2.05, 4.69) is 5.10 Å². The normalized spacial score (nSPS) is 16.4. The number of benzene rings is 1. The number of carbonyl (C=O) groups is 2. The van der Waals surface area contributed by atoms with Crippen molar-refractivity contribution in [2.75, 3.05) is 18.1 Å². The largest absolute Gasteiger partial charge is 0.466 e. The van der Waals surface area contributed by atoms with Gasteiger partial charge in [-0.1, -0.05) is 18.2 Å². The van der Waals surface area contributed by atoms with Crippen LogP contribution in [0.1, 0.15) is 36.8 Å². The third kappa shape index (κ3) is 3.73. The van der Waals surface area contributed by atoms with Crippen molar-refractivity contribution in [2.45, 2.75) is 32.1 Å². The minimum atomic E-state index is -0.293. The molecule has 0 spiro atoms. The van der Waals surface area contributed by atoms with Gasteiger partial charge in [-0.15, -0.1) is 0 Å². The minimum Gasteiger partial charge on any atom is -0.466 e. The lowest BCUT2D eigenvalue weighted by Crippen LogP contribution is -2.38. The van der Waals surface area contributed by atoms with Crippen molar-refractivity contribution in [3.63, 3.8) is 0 Å². The lowest BCUT2D eigenvalue weighted by molar-refractivity contribution is -0.145. The second-order valence-electron chi connectivity index (χ2n) is 6.22. The molecule has 0 fully saturated rings. The van der Waals surface area contributed by atoms with Crippen molar-refractivity contribution >= 4 is 17.6 Å². The van der Waals surface area contributed by atoms with Gasteiger partial charge in [0.05, 0.1) is 18.7 Å². The van der Waals surface area contributed by atoms with E-state index in [1.807, 2.05) is 37.5 Å². The highest BCUT2D eigenvalue weighted by Crippen LogP contribution is 2.36. The summed E-state index contributed by atoms with van der Waals surface area (Å²) in [5, 5.41) is 4.13. The molecule has 0 saturated heterocycles. The first-order valence-electron chi connectivity index (χ1n) is 8.63. The third-order valence-electron chi connectivity index (χ3n) is 4.50. The number of rotatable bonds is 5. The molecule has 132 valence electrons. The van der Waals surface area contributed by atoms with Gasteiger partial charge in [-0.3, -0.25) is 14.3 Å². The van der Waals surface area contributed by atoms with Gasteiger partial charge in [0.15, 0.2) is 0 Å². The van der Waals surface area contributed by atoms with Crippen molar-refractivity contribution in [3.05, 3.63) is 47.8 Å². The highest BCUT2D eigenvalue weighted by Gasteiger charge is 2.33. The molecule has 6 nitrogen and oxygen atoms in total. The lowest BCUT2D eigenvalue weighted by Gasteiger charge is -2.33. The molecule has 1 aromatic carbocycles. The molecule has 2 heterocycles. The van der Waals surface area contributed by atoms with Crippen molar-refractivity contribution in [1.82, 2.24) is 9.78 Å². The molecule has 0 radical (unpaired) electrons. The van der Waals surface area contributed by atoms with Gasteiger partial charge in [-0.05, 0) is 37.0 Å². The number of carbonyl (C=O) groups excluding carboxylic acids is 2. The van der Waals surface area contributed by atoms with Crippen molar-refractivity contribution in [2.24, 2.45) is 7.05 Å². The van der Waals surface area contributed by atoms with Crippen LogP contribution in [0.5, 0.6) is 0 Å². The summed E-state index contributed by atoms with van der Waals surface area (Å²) in [4.78, 5) is 26.7. The molecule has 1 unspecified atom stereocenters. The summed E-state index contributed by atoms with van der Waals surface area (Å²) in [6.07, 6.45) is 5.38. The summed E-state index contributed by atoms with van der Waals surface area (Å²) in [5.74, 6) is -0.436. The number of nitrogens with zero attached hydrogens (tertiary/aromatic N) is 3. The number of para-hydroxylation sites is 1. The SMILES string of the molecule is CCOC(=O)C1CCN(C(=O)CCc2cnn(C)c2)c2ccccc21. The van der Waals surface area contributed by atoms with Crippen molar-refractivity contribution in [3.8, 4) is 0 Å². The Bertz CT molecular complexity index is 769. The molecular weight excluding hydrogens is 318 g/mol. The number of aromatic nitrogens is 2. The molecule has 3 rings (SSSR count). The van der Waals surface area contributed by atoms with Gasteiger partial charge in [0.2, 0.25) is 5.91 Å². The molecule has 1 amide bonds. The molecule has 25 heavy (non-hydrogen) atoms. The van der Waals surface area contributed by atoms with Crippen LogP contribution in [0.15, 0.2) is 36.7 Å². The number of hydrogen-bond acceptors (Lipinski definition) is 4. The van der Waals surface area contributed by atoms with Crippen molar-refractivity contribution in [1.29, 1.82) is 0 Å². The van der Waals surface area contributed by atoms with Crippen LogP contribution in [-0.2, 0) is 27.8 Å². The van der Waals surface area contributed by atoms with Crippen molar-refractivity contribution < 1.29 is 14.3 Å². The van der Waals surface area contributed by atoms with Crippen LogP contribution in [0.3, 0.4) is 0 Å². The van der Waals surface area contributed by atoms with E-state index in [0.29, 0.717) is 32.4 Å². The predicted molar refractivity (Wildman–Crippen MR) is 94.3 cm³/mol. The molecule has 1 aliphatic heterocycles. The Morgan fingerprint density at radius 1 is 1.32 bits per heavy atom. The zero-order valence-corrected chi connectivity index (χ0v) is 14.6. The molecule has 0 aliphatic carbocycles. The summed E-state index contributed by atoms with van der Waals surface area (Å²) in [6.45, 7) is 2.71. The monoisotopic (exact) mass is 341 g/mol. The standard InChI is InChI=1S/C19H23N3O3/c1-3-25-19(24)16-10-11-22(17-7-5-4-6-15(16)17)18(23)9-8-14-12-20-21(2)13-14/h4-7,12-13,16H,3,8-11H2,1-2H3. The molecule has 1 aliphatic rings. The van der Waals surface area contributed by atoms with E-state index in [1.54, 1.807) is 22.7 Å². The van der Waals surface area contributed by atoms with Crippen LogP contribution in [0.2, 0.25) is 0 Å². The Hall–Kier alpha value is -2.63. The van der Waals surface area contributed by atoms with E-state index in [4.69, 9.17) is 4.74 Å². The van der Waals surface area contributed by atoms with E-state index < -0.39 is 0 Å². The van der Waals surface area contributed by atoms with E-state index in [1.165, 1.54) is 0 Å². The topological polar surface area (TPSA) is 64.4 Å². The molecule has 1 atom stereocenters. The number of ether oxygens (including phenoxy) is 1. The fourth-order valence-electron chi connectivity index (χ4n) is 3.30. The average molecular weight is 341 g/mol. The van der Waals surface area contributed by atoms with Gasteiger partial charge in [0, 0.05) is 31.9 Å². The second kappa shape index (κ2) is 7.51. The Balaban J connectivity index is 1.74. The molecule has 1 aromatic heterocycles. The molecule has 0 saturated carbocycles. The second-order valence-corrected chi connectivity index (χ2v) is 6.22. The maximum absolute atomic E-state index is 12.7. The van der Waals surface area contributed by atoms with Crippen LogP contribution in [-0.4, -0.2) is 34.8 Å². The quantitative estimate of drug-likeness (QED) is 0.784. The Labute approximate surface area is 147 Å². The smallest absolute Gasteiger partial charge is 0.313 e. The minimum absolute atomic E-state index is 0.0682. The third-order valence-corrected chi connectivity index (χ3v) is 4.50. The molecular formula is C19H23N3O3. The molecule has 6 heteroatoms. The fraction of sp³-hybridized carbons (Fsp3) is 0.421. The van der Waals surface area contributed by atoms with Gasteiger partial charge in [-0.25, -0.2) is 0 Å². The first-order valence-corrected chi connectivity index (χ1v) is 8.63. The molecule has 2 aromatic rings. The summed E-state index contributed by atoms with van der Waals surface area (Å²) in [5.41, 5.74) is 2.75. The highest BCUT2D eigenvalue weighted by molar-refractivity contribution is 5.96. The first-order chi connectivity index (χ1) is 12.1. The summed E-state index contributed by atoms with van der Waals surface area (Å²) in [6, 6.07) is 7.61. The zero-order valence-electron chi connectivity index (χ0n) is 14.6. The van der Waals surface area contributed by atoms with Crippen LogP contribution < -0.4 is 4.90 Å². The maximum atomic E-state index is 12.7. The van der Waals surface area contributed by atoms with Gasteiger partial charge in [0.1, 0.15) is 0 Å². The van der Waals surface area contributed by atoms with Gasteiger partial charge < -0.3 is 9.64 Å². The van der Waals surface area contributed by atoms with Crippen LogP contribution in [0, 0.1) is 0 Å². The maximum Gasteiger partial charge on any atom is 0.313 e. The fourth-order valence-corrected chi connectivity index (χ4v) is 3.30. The zero-order chi connectivity index (χ0) is 17.8. The summed E-state index contributed by atoms with van der Waals surface area (Å²) < 4.78 is 6.93. The number of amides is 1. The van der Waals surface area contributed by atoms with Gasteiger partial charge in [-0.2, -0.15) is 5.10 Å². The van der Waals surface area contributed by atoms with E-state index in [0.717, 1.165) is 16.8 Å². The highest BCUT2D eigenvalue weighted by atomic mass is 16.5. The Morgan fingerprint density at radius 2 is 2.12 bits per heavy atom. The van der Waals surface area contributed by atoms with Gasteiger partial charge >= 0.3 is 5.97 Å². The number of anilines is 1. The van der Waals surface area contributed by atoms with Gasteiger partial charge in [0.25, 0.3) is 0 Å². The van der Waals surface area contributed by atoms with Crippen LogP contribution >= 0.6 is 0 Å². The van der Waals surface area contributed by atoms with E-state index >= 15 is 0 Å². The Kier molecular flexibility index (Phi) is 5.16. The summed E-state index contributed by atoms with van der Waals surface area (Å²) in [7, 11) is 1.86. The number of fused-ring (bicyclic) bond motifs is 1. The lowest BCUT2D eigenvalue weighted by atomic mass is 9.89. The number of hydrogen-bond donors (Lipinski definition) is 0. The summed E-state index contributed by atoms with van der Waals surface area (Å²) >= 11 is 0.